The maximum absolute atomic E-state index is 5.47. The lowest BCUT2D eigenvalue weighted by Crippen LogP contribution is -2.61. The Balaban J connectivity index is 2.68. The van der Waals surface area contributed by atoms with E-state index in [9.17, 15) is 0 Å². The number of rotatable bonds is 5. The number of hydrogen-bond acceptors (Lipinski definition) is 3. The third-order valence-electron chi connectivity index (χ3n) is 4.15. The van der Waals surface area contributed by atoms with Gasteiger partial charge in [0.1, 0.15) is 0 Å². The first-order valence-electron chi connectivity index (χ1n) is 7.74. The number of hydrogen-bond donors (Lipinski definition) is 1. The van der Waals surface area contributed by atoms with Crippen LogP contribution in [0.4, 0.5) is 0 Å². The van der Waals surface area contributed by atoms with Gasteiger partial charge in [-0.3, -0.25) is 4.90 Å². The van der Waals surface area contributed by atoms with Gasteiger partial charge >= 0.3 is 0 Å². The minimum absolute atomic E-state index is 0.308. The van der Waals surface area contributed by atoms with E-state index in [1.165, 1.54) is 6.42 Å². The van der Waals surface area contributed by atoms with Crippen molar-refractivity contribution in [2.45, 2.75) is 66.2 Å². The zero-order valence-corrected chi connectivity index (χ0v) is 14.0. The Morgan fingerprint density at radius 3 is 2.37 bits per heavy atom. The standard InChI is InChI=1S/C16H34N2O/c1-12(2)8-14-11-18(10-13(3)19-7)15(9-17-14)16(4,5)6/h12-15,17H,8-11H2,1-7H3. The van der Waals surface area contributed by atoms with Crippen molar-refractivity contribution in [2.75, 3.05) is 26.7 Å². The van der Waals surface area contributed by atoms with Crippen molar-refractivity contribution in [3.8, 4) is 0 Å². The van der Waals surface area contributed by atoms with Gasteiger partial charge in [0.25, 0.3) is 0 Å². The molecule has 0 saturated carbocycles. The Morgan fingerprint density at radius 2 is 1.89 bits per heavy atom. The molecule has 1 heterocycles. The van der Waals surface area contributed by atoms with Crippen molar-refractivity contribution in [3.05, 3.63) is 0 Å². The molecule has 1 N–H and O–H groups in total. The van der Waals surface area contributed by atoms with E-state index in [1.54, 1.807) is 0 Å². The molecule has 1 fully saturated rings. The zero-order chi connectivity index (χ0) is 14.6. The van der Waals surface area contributed by atoms with Crippen LogP contribution in [0.2, 0.25) is 0 Å². The molecule has 1 saturated heterocycles. The minimum atomic E-state index is 0.308. The van der Waals surface area contributed by atoms with Gasteiger partial charge in [-0.2, -0.15) is 0 Å². The summed E-state index contributed by atoms with van der Waals surface area (Å²) in [7, 11) is 1.81. The highest BCUT2D eigenvalue weighted by Crippen LogP contribution is 2.27. The van der Waals surface area contributed by atoms with Crippen LogP contribution in [0.25, 0.3) is 0 Å². The summed E-state index contributed by atoms with van der Waals surface area (Å²) in [5.74, 6) is 0.755. The first-order chi connectivity index (χ1) is 8.74. The van der Waals surface area contributed by atoms with Crippen molar-refractivity contribution >= 4 is 0 Å². The summed E-state index contributed by atoms with van der Waals surface area (Å²) in [4.78, 5) is 2.64. The smallest absolute Gasteiger partial charge is 0.0670 e. The van der Waals surface area contributed by atoms with E-state index in [1.807, 2.05) is 7.11 Å². The molecule has 0 spiro atoms. The molecular formula is C16H34N2O. The molecule has 0 aromatic heterocycles. The molecule has 0 aromatic rings. The minimum Gasteiger partial charge on any atom is -0.380 e. The molecular weight excluding hydrogens is 236 g/mol. The van der Waals surface area contributed by atoms with Gasteiger partial charge in [0.05, 0.1) is 6.10 Å². The molecule has 0 aliphatic carbocycles. The Bertz CT molecular complexity index is 260. The number of nitrogens with zero attached hydrogens (tertiary/aromatic N) is 1. The fourth-order valence-electron chi connectivity index (χ4n) is 3.07. The van der Waals surface area contributed by atoms with Crippen LogP contribution in [0.15, 0.2) is 0 Å². The van der Waals surface area contributed by atoms with E-state index >= 15 is 0 Å². The van der Waals surface area contributed by atoms with E-state index in [-0.39, 0.29) is 0 Å². The lowest BCUT2D eigenvalue weighted by Gasteiger charge is -2.47. The Labute approximate surface area is 120 Å². The molecule has 1 aliphatic rings. The van der Waals surface area contributed by atoms with Crippen LogP contribution in [-0.2, 0) is 4.74 Å². The summed E-state index contributed by atoms with van der Waals surface area (Å²) in [5, 5.41) is 3.75. The highest BCUT2D eigenvalue weighted by molar-refractivity contribution is 4.93. The van der Waals surface area contributed by atoms with E-state index in [4.69, 9.17) is 4.74 Å². The number of ether oxygens (including phenoxy) is 1. The fourth-order valence-corrected chi connectivity index (χ4v) is 3.07. The highest BCUT2D eigenvalue weighted by atomic mass is 16.5. The predicted octanol–water partition coefficient (Wildman–Crippen LogP) is 2.76. The number of piperazine rings is 1. The molecule has 114 valence electrons. The van der Waals surface area contributed by atoms with Crippen LogP contribution in [-0.4, -0.2) is 49.8 Å². The van der Waals surface area contributed by atoms with Crippen molar-refractivity contribution in [1.82, 2.24) is 10.2 Å². The molecule has 3 unspecified atom stereocenters. The third kappa shape index (κ3) is 5.41. The second-order valence-corrected chi connectivity index (χ2v) is 7.62. The first-order valence-corrected chi connectivity index (χ1v) is 7.74. The third-order valence-corrected chi connectivity index (χ3v) is 4.15. The summed E-state index contributed by atoms with van der Waals surface area (Å²) in [6.07, 6.45) is 1.57. The lowest BCUT2D eigenvalue weighted by atomic mass is 9.83. The van der Waals surface area contributed by atoms with Gasteiger partial charge in [0.15, 0.2) is 0 Å². The molecule has 0 radical (unpaired) electrons. The van der Waals surface area contributed by atoms with Gasteiger partial charge in [-0.1, -0.05) is 34.6 Å². The molecule has 19 heavy (non-hydrogen) atoms. The van der Waals surface area contributed by atoms with Crippen LogP contribution >= 0.6 is 0 Å². The van der Waals surface area contributed by atoms with Crippen LogP contribution in [0.3, 0.4) is 0 Å². The van der Waals surface area contributed by atoms with Gasteiger partial charge < -0.3 is 10.1 Å². The Kier molecular flexibility index (Phi) is 6.28. The van der Waals surface area contributed by atoms with Gasteiger partial charge in [0.2, 0.25) is 0 Å². The summed E-state index contributed by atoms with van der Waals surface area (Å²) < 4.78 is 5.47. The van der Waals surface area contributed by atoms with Gasteiger partial charge in [0, 0.05) is 38.8 Å². The maximum Gasteiger partial charge on any atom is 0.0670 e. The second kappa shape index (κ2) is 7.05. The topological polar surface area (TPSA) is 24.5 Å². The Hall–Kier alpha value is -0.120. The van der Waals surface area contributed by atoms with Crippen molar-refractivity contribution in [2.24, 2.45) is 11.3 Å². The second-order valence-electron chi connectivity index (χ2n) is 7.62. The van der Waals surface area contributed by atoms with Gasteiger partial charge in [-0.15, -0.1) is 0 Å². The largest absolute Gasteiger partial charge is 0.380 e. The number of nitrogens with one attached hydrogen (secondary N) is 1. The average molecular weight is 270 g/mol. The SMILES string of the molecule is COC(C)CN1CC(CC(C)C)NCC1C(C)(C)C. The molecule has 3 atom stereocenters. The van der Waals surface area contributed by atoms with Gasteiger partial charge in [-0.25, -0.2) is 0 Å². The fraction of sp³-hybridized carbons (Fsp3) is 1.00. The van der Waals surface area contributed by atoms with Crippen molar-refractivity contribution in [3.63, 3.8) is 0 Å². The van der Waals surface area contributed by atoms with E-state index < -0.39 is 0 Å². The zero-order valence-electron chi connectivity index (χ0n) is 14.0. The van der Waals surface area contributed by atoms with Crippen molar-refractivity contribution < 1.29 is 4.74 Å². The normalized spacial score (nSPS) is 27.8. The van der Waals surface area contributed by atoms with Crippen LogP contribution < -0.4 is 5.32 Å². The van der Waals surface area contributed by atoms with Gasteiger partial charge in [-0.05, 0) is 24.7 Å². The lowest BCUT2D eigenvalue weighted by molar-refractivity contribution is 0.00477. The van der Waals surface area contributed by atoms with E-state index in [0.29, 0.717) is 23.6 Å². The highest BCUT2D eigenvalue weighted by Gasteiger charge is 2.35. The van der Waals surface area contributed by atoms with Crippen LogP contribution in [0, 0.1) is 11.3 Å². The predicted molar refractivity (Wildman–Crippen MR) is 82.5 cm³/mol. The molecule has 3 nitrogen and oxygen atoms in total. The average Bonchev–Trinajstić information content (AvgIpc) is 2.26. The molecule has 0 aromatic carbocycles. The summed E-state index contributed by atoms with van der Waals surface area (Å²) in [5.41, 5.74) is 0.309. The summed E-state index contributed by atoms with van der Waals surface area (Å²) in [6.45, 7) is 17.1. The monoisotopic (exact) mass is 270 g/mol. The molecule has 3 heteroatoms. The first kappa shape index (κ1) is 16.9. The van der Waals surface area contributed by atoms with E-state index in [2.05, 4.69) is 51.8 Å². The number of methoxy groups -OCH3 is 1. The summed E-state index contributed by atoms with van der Waals surface area (Å²) >= 11 is 0. The maximum atomic E-state index is 5.47. The molecule has 1 aliphatic heterocycles. The summed E-state index contributed by atoms with van der Waals surface area (Å²) in [6, 6.07) is 1.22. The van der Waals surface area contributed by atoms with Crippen molar-refractivity contribution in [1.29, 1.82) is 0 Å². The molecule has 1 rings (SSSR count). The Morgan fingerprint density at radius 1 is 1.26 bits per heavy atom. The van der Waals surface area contributed by atoms with E-state index in [0.717, 1.165) is 25.6 Å². The molecule has 0 amide bonds. The molecule has 0 bridgehead atoms. The van der Waals surface area contributed by atoms with Crippen LogP contribution in [0.1, 0.15) is 48.0 Å². The quantitative estimate of drug-likeness (QED) is 0.831. The van der Waals surface area contributed by atoms with Crippen LogP contribution in [0.5, 0.6) is 0 Å².